The summed E-state index contributed by atoms with van der Waals surface area (Å²) in [5.41, 5.74) is 1.33. The van der Waals surface area contributed by atoms with E-state index in [9.17, 15) is 9.59 Å². The van der Waals surface area contributed by atoms with E-state index in [1.165, 1.54) is 0 Å². The topological polar surface area (TPSA) is 74.4 Å². The van der Waals surface area contributed by atoms with Crippen LogP contribution in [0, 0.1) is 5.92 Å². The number of amides is 2. The Kier molecular flexibility index (Phi) is 9.00. The summed E-state index contributed by atoms with van der Waals surface area (Å²) in [5.74, 6) is 1.42. The van der Waals surface area contributed by atoms with Gasteiger partial charge in [-0.25, -0.2) is 0 Å². The third-order valence-corrected chi connectivity index (χ3v) is 7.52. The van der Waals surface area contributed by atoms with Crippen molar-refractivity contribution in [1.29, 1.82) is 0 Å². The van der Waals surface area contributed by atoms with Gasteiger partial charge >= 0.3 is 0 Å². The third-order valence-electron chi connectivity index (χ3n) is 7.10. The molecule has 2 aromatic rings. The Morgan fingerprint density at radius 1 is 1.00 bits per heavy atom. The number of methoxy groups -OCH3 is 2. The zero-order valence-corrected chi connectivity index (χ0v) is 22.6. The number of piperidine rings is 1. The van der Waals surface area contributed by atoms with Gasteiger partial charge in [0.1, 0.15) is 17.5 Å². The molecule has 2 aliphatic heterocycles. The molecule has 0 aromatic heterocycles. The lowest BCUT2D eigenvalue weighted by molar-refractivity contribution is -0.124. The van der Waals surface area contributed by atoms with Crippen LogP contribution in [0.3, 0.4) is 0 Å². The minimum atomic E-state index is -0.651. The highest BCUT2D eigenvalue weighted by Crippen LogP contribution is 2.31. The average molecular weight is 525 g/mol. The molecule has 0 saturated carbocycles. The van der Waals surface area contributed by atoms with Crippen LogP contribution in [0.15, 0.2) is 48.5 Å². The highest BCUT2D eigenvalue weighted by molar-refractivity contribution is 7.80. The lowest BCUT2D eigenvalue weighted by atomic mass is 9.95. The van der Waals surface area contributed by atoms with E-state index in [-0.39, 0.29) is 18.2 Å². The predicted octanol–water partition coefficient (Wildman–Crippen LogP) is 4.16. The summed E-state index contributed by atoms with van der Waals surface area (Å²) >= 11 is 5.85. The number of nitrogens with one attached hydrogen (secondary N) is 1. The molecule has 2 saturated heterocycles. The molecule has 1 N–H and O–H groups in total. The molecule has 37 heavy (non-hydrogen) atoms. The minimum absolute atomic E-state index is 0.0202. The van der Waals surface area contributed by atoms with Gasteiger partial charge in [0.25, 0.3) is 5.91 Å². The Bertz CT molecular complexity index is 1080. The van der Waals surface area contributed by atoms with Crippen molar-refractivity contribution in [1.82, 2.24) is 9.80 Å². The Labute approximate surface area is 224 Å². The normalized spacial score (nSPS) is 18.8. The molecule has 0 bridgehead atoms. The highest BCUT2D eigenvalue weighted by atomic mass is 32.1. The van der Waals surface area contributed by atoms with E-state index in [0.29, 0.717) is 40.4 Å². The summed E-state index contributed by atoms with van der Waals surface area (Å²) in [6.45, 7) is 6.09. The molecule has 2 aromatic carbocycles. The Hall–Kier alpha value is -3.17. The first-order valence-corrected chi connectivity index (χ1v) is 13.3. The monoisotopic (exact) mass is 524 g/mol. The number of hydrogen-bond donors (Lipinski definition) is 1. The van der Waals surface area contributed by atoms with Crippen molar-refractivity contribution in [3.05, 3.63) is 48.5 Å². The van der Waals surface area contributed by atoms with Gasteiger partial charge in [0.2, 0.25) is 5.91 Å². The number of carbonyl (C=O) groups is 2. The van der Waals surface area contributed by atoms with Crippen LogP contribution in [0.1, 0.15) is 32.6 Å². The van der Waals surface area contributed by atoms with Crippen molar-refractivity contribution in [3.8, 4) is 11.5 Å². The molecule has 2 heterocycles. The minimum Gasteiger partial charge on any atom is -0.497 e. The summed E-state index contributed by atoms with van der Waals surface area (Å²) in [6, 6.07) is 13.7. The van der Waals surface area contributed by atoms with Crippen molar-refractivity contribution in [2.45, 2.75) is 38.6 Å². The van der Waals surface area contributed by atoms with Gasteiger partial charge in [-0.05, 0) is 106 Å². The van der Waals surface area contributed by atoms with Crippen LogP contribution in [0.5, 0.6) is 11.5 Å². The number of benzene rings is 2. The van der Waals surface area contributed by atoms with Crippen molar-refractivity contribution in [2.24, 2.45) is 5.92 Å². The molecule has 8 nitrogen and oxygen atoms in total. The van der Waals surface area contributed by atoms with Crippen molar-refractivity contribution in [3.63, 3.8) is 0 Å². The van der Waals surface area contributed by atoms with Crippen LogP contribution in [-0.2, 0) is 9.59 Å². The molecule has 1 atom stereocenters. The maximum atomic E-state index is 13.7. The smallest absolute Gasteiger partial charge is 0.256 e. The summed E-state index contributed by atoms with van der Waals surface area (Å²) in [4.78, 5) is 32.8. The van der Waals surface area contributed by atoms with E-state index >= 15 is 0 Å². The number of nitrogens with zero attached hydrogens (tertiary/aromatic N) is 3. The summed E-state index contributed by atoms with van der Waals surface area (Å²) < 4.78 is 10.5. The van der Waals surface area contributed by atoms with Gasteiger partial charge in [0, 0.05) is 12.2 Å². The summed E-state index contributed by atoms with van der Waals surface area (Å²) in [5, 5.41) is 3.36. The molecule has 0 spiro atoms. The van der Waals surface area contributed by atoms with Gasteiger partial charge in [0.05, 0.1) is 26.3 Å². The number of anilines is 2. The van der Waals surface area contributed by atoms with Gasteiger partial charge < -0.3 is 24.6 Å². The number of hydrogen-bond acceptors (Lipinski definition) is 6. The fourth-order valence-electron chi connectivity index (χ4n) is 5.06. The third kappa shape index (κ3) is 6.40. The second-order valence-electron chi connectivity index (χ2n) is 9.59. The van der Waals surface area contributed by atoms with E-state index < -0.39 is 6.04 Å². The van der Waals surface area contributed by atoms with Crippen LogP contribution in [0.2, 0.25) is 0 Å². The molecular formula is C28H36N4O4S. The number of carbonyl (C=O) groups excluding carboxylic acids is 2. The second kappa shape index (κ2) is 12.4. The van der Waals surface area contributed by atoms with Gasteiger partial charge in [-0.3, -0.25) is 14.5 Å². The zero-order valence-electron chi connectivity index (χ0n) is 21.8. The quantitative estimate of drug-likeness (QED) is 0.468. The number of likely N-dealkylation sites (tertiary alicyclic amines) is 1. The Morgan fingerprint density at radius 2 is 1.59 bits per heavy atom. The van der Waals surface area contributed by atoms with Crippen LogP contribution >= 0.6 is 12.2 Å². The maximum absolute atomic E-state index is 13.7. The highest BCUT2D eigenvalue weighted by Gasteiger charge is 2.45. The number of thiocarbonyl (C=S) groups is 1. The van der Waals surface area contributed by atoms with Crippen molar-refractivity contribution >= 4 is 40.5 Å². The summed E-state index contributed by atoms with van der Waals surface area (Å²) in [6.07, 6.45) is 3.28. The average Bonchev–Trinajstić information content (AvgIpc) is 3.14. The van der Waals surface area contributed by atoms with E-state index in [4.69, 9.17) is 21.7 Å². The molecule has 198 valence electrons. The van der Waals surface area contributed by atoms with E-state index in [0.717, 1.165) is 38.9 Å². The summed E-state index contributed by atoms with van der Waals surface area (Å²) in [7, 11) is 3.20. The van der Waals surface area contributed by atoms with Crippen molar-refractivity contribution in [2.75, 3.05) is 50.6 Å². The van der Waals surface area contributed by atoms with E-state index in [2.05, 4.69) is 17.1 Å². The lowest BCUT2D eigenvalue weighted by Crippen LogP contribution is -2.44. The fraction of sp³-hybridized carbons (Fsp3) is 0.464. The zero-order chi connectivity index (χ0) is 26.4. The number of ether oxygens (including phenoxy) is 2. The molecule has 2 aliphatic rings. The molecule has 0 aliphatic carbocycles. The van der Waals surface area contributed by atoms with Gasteiger partial charge in [-0.1, -0.05) is 6.92 Å². The molecule has 0 unspecified atom stereocenters. The second-order valence-corrected chi connectivity index (χ2v) is 9.95. The van der Waals surface area contributed by atoms with Crippen molar-refractivity contribution < 1.29 is 19.1 Å². The largest absolute Gasteiger partial charge is 0.497 e. The van der Waals surface area contributed by atoms with Gasteiger partial charge in [-0.2, -0.15) is 0 Å². The number of rotatable bonds is 10. The van der Waals surface area contributed by atoms with Gasteiger partial charge in [-0.15, -0.1) is 0 Å². The first kappa shape index (κ1) is 26.9. The predicted molar refractivity (Wildman–Crippen MR) is 149 cm³/mol. The first-order valence-electron chi connectivity index (χ1n) is 12.9. The van der Waals surface area contributed by atoms with E-state index in [1.807, 2.05) is 29.2 Å². The molecule has 2 fully saturated rings. The maximum Gasteiger partial charge on any atom is 0.256 e. The van der Waals surface area contributed by atoms with Crippen LogP contribution in [0.4, 0.5) is 11.4 Å². The van der Waals surface area contributed by atoms with Crippen LogP contribution < -0.4 is 19.7 Å². The fourth-order valence-corrected chi connectivity index (χ4v) is 5.46. The SMILES string of the molecule is CCCN1CCC(CN2C(=S)N(c3ccc(OC)cc3)C(=O)[C@@H]2CC(=O)Nc2ccc(OC)cc2)CC1. The van der Waals surface area contributed by atoms with Gasteiger partial charge in [0.15, 0.2) is 5.11 Å². The van der Waals surface area contributed by atoms with Crippen LogP contribution in [-0.4, -0.2) is 73.2 Å². The Morgan fingerprint density at radius 3 is 2.16 bits per heavy atom. The molecule has 2 amide bonds. The molecule has 0 radical (unpaired) electrons. The first-order chi connectivity index (χ1) is 17.9. The standard InChI is InChI=1S/C28H36N4O4S/c1-4-15-30-16-13-20(14-17-30)19-31-25(18-26(33)29-21-5-9-23(35-2)10-6-21)27(34)32(28(31)37)22-7-11-24(36-3)12-8-22/h5-12,20,25H,4,13-19H2,1-3H3,(H,29,33)/t25-/m0/s1. The molecule has 9 heteroatoms. The Balaban J connectivity index is 1.51. The van der Waals surface area contributed by atoms with Crippen LogP contribution in [0.25, 0.3) is 0 Å². The lowest BCUT2D eigenvalue weighted by Gasteiger charge is -2.35. The molecule has 4 rings (SSSR count). The molecular weight excluding hydrogens is 488 g/mol. The van der Waals surface area contributed by atoms with E-state index in [1.54, 1.807) is 43.4 Å².